The lowest BCUT2D eigenvalue weighted by atomic mass is 10.2. The van der Waals surface area contributed by atoms with E-state index in [0.717, 1.165) is 19.4 Å². The Balaban J connectivity index is 1.51. The van der Waals surface area contributed by atoms with E-state index < -0.39 is 0 Å². The Bertz CT molecular complexity index is 208. The molecule has 0 amide bonds. The molecule has 1 saturated carbocycles. The molecule has 2 fully saturated rings. The normalized spacial score (nSPS) is 27.6. The number of oxime groups is 1. The highest BCUT2D eigenvalue weighted by molar-refractivity contribution is 5.57. The minimum atomic E-state index is -0.142. The van der Waals surface area contributed by atoms with Crippen LogP contribution in [0.25, 0.3) is 0 Å². The fourth-order valence-corrected chi connectivity index (χ4v) is 2.17. The van der Waals surface area contributed by atoms with Crippen molar-refractivity contribution in [3.05, 3.63) is 0 Å². The van der Waals surface area contributed by atoms with E-state index in [4.69, 9.17) is 14.3 Å². The van der Waals surface area contributed by atoms with Gasteiger partial charge in [-0.05, 0) is 25.7 Å². The second-order valence-corrected chi connectivity index (χ2v) is 4.43. The van der Waals surface area contributed by atoms with Gasteiger partial charge in [-0.15, -0.1) is 0 Å². The quantitative estimate of drug-likeness (QED) is 0.535. The van der Waals surface area contributed by atoms with Crippen LogP contribution in [0, 0.1) is 0 Å². The molecule has 4 heteroatoms. The zero-order valence-corrected chi connectivity index (χ0v) is 9.77. The molecule has 0 N–H and O–H groups in total. The number of nitrogens with zero attached hydrogens (tertiary/aromatic N) is 1. The van der Waals surface area contributed by atoms with E-state index in [1.54, 1.807) is 6.21 Å². The highest BCUT2D eigenvalue weighted by Crippen LogP contribution is 2.20. The van der Waals surface area contributed by atoms with Gasteiger partial charge in [0.25, 0.3) is 0 Å². The topological polar surface area (TPSA) is 40.0 Å². The van der Waals surface area contributed by atoms with Crippen LogP contribution in [0.4, 0.5) is 0 Å². The van der Waals surface area contributed by atoms with Gasteiger partial charge in [0, 0.05) is 6.42 Å². The predicted molar refractivity (Wildman–Crippen MR) is 61.4 cm³/mol. The van der Waals surface area contributed by atoms with Crippen LogP contribution in [0.5, 0.6) is 0 Å². The Morgan fingerprint density at radius 1 is 1.12 bits per heavy atom. The molecule has 1 aliphatic heterocycles. The minimum absolute atomic E-state index is 0.142. The second kappa shape index (κ2) is 6.86. The van der Waals surface area contributed by atoms with Crippen LogP contribution in [-0.2, 0) is 14.3 Å². The molecule has 0 aromatic heterocycles. The van der Waals surface area contributed by atoms with E-state index in [9.17, 15) is 0 Å². The lowest BCUT2D eigenvalue weighted by molar-refractivity contribution is -0.162. The smallest absolute Gasteiger partial charge is 0.226 e. The highest BCUT2D eigenvalue weighted by Gasteiger charge is 2.15. The lowest BCUT2D eigenvalue weighted by Gasteiger charge is -2.19. The van der Waals surface area contributed by atoms with Crippen molar-refractivity contribution in [1.29, 1.82) is 0 Å². The average Bonchev–Trinajstić information content (AvgIpc) is 2.83. The van der Waals surface area contributed by atoms with E-state index >= 15 is 0 Å². The maximum atomic E-state index is 5.62. The minimum Gasteiger partial charge on any atom is -0.372 e. The summed E-state index contributed by atoms with van der Waals surface area (Å²) in [6, 6.07) is 0. The zero-order chi connectivity index (χ0) is 11.1. The lowest BCUT2D eigenvalue weighted by Crippen LogP contribution is -2.20. The highest BCUT2D eigenvalue weighted by atomic mass is 16.8. The Morgan fingerprint density at radius 2 is 1.94 bits per heavy atom. The Kier molecular flexibility index (Phi) is 5.09. The molecule has 92 valence electrons. The predicted octanol–water partition coefficient (Wildman–Crippen LogP) is 2.47. The van der Waals surface area contributed by atoms with Crippen molar-refractivity contribution in [2.75, 3.05) is 13.2 Å². The van der Waals surface area contributed by atoms with E-state index in [1.807, 2.05) is 0 Å². The number of rotatable bonds is 5. The van der Waals surface area contributed by atoms with Crippen molar-refractivity contribution in [3.8, 4) is 0 Å². The molecule has 1 unspecified atom stereocenters. The van der Waals surface area contributed by atoms with E-state index in [1.165, 1.54) is 32.1 Å². The van der Waals surface area contributed by atoms with Crippen LogP contribution in [-0.4, -0.2) is 31.8 Å². The SMILES string of the molecule is C(/COC1CCCC1)=N/OC1CCCCO1. The molecule has 2 aliphatic rings. The largest absolute Gasteiger partial charge is 0.372 e. The molecule has 16 heavy (non-hydrogen) atoms. The van der Waals surface area contributed by atoms with Crippen LogP contribution in [0.1, 0.15) is 44.9 Å². The molecular weight excluding hydrogens is 206 g/mol. The molecule has 4 nitrogen and oxygen atoms in total. The molecule has 0 bridgehead atoms. The van der Waals surface area contributed by atoms with Gasteiger partial charge in [-0.1, -0.05) is 18.0 Å². The fraction of sp³-hybridized carbons (Fsp3) is 0.917. The maximum absolute atomic E-state index is 5.62. The number of hydrogen-bond acceptors (Lipinski definition) is 4. The van der Waals surface area contributed by atoms with Crippen LogP contribution >= 0.6 is 0 Å². The van der Waals surface area contributed by atoms with Crippen LogP contribution in [0.15, 0.2) is 5.16 Å². The zero-order valence-electron chi connectivity index (χ0n) is 9.77. The van der Waals surface area contributed by atoms with E-state index in [-0.39, 0.29) is 6.29 Å². The summed E-state index contributed by atoms with van der Waals surface area (Å²) in [6.45, 7) is 1.34. The van der Waals surface area contributed by atoms with Crippen LogP contribution < -0.4 is 0 Å². The summed E-state index contributed by atoms with van der Waals surface area (Å²) in [5.41, 5.74) is 0. The van der Waals surface area contributed by atoms with Crippen molar-refractivity contribution in [2.24, 2.45) is 5.16 Å². The summed E-state index contributed by atoms with van der Waals surface area (Å²) in [5, 5.41) is 3.88. The summed E-state index contributed by atoms with van der Waals surface area (Å²) in [4.78, 5) is 5.21. The molecule has 2 rings (SSSR count). The van der Waals surface area contributed by atoms with Gasteiger partial charge in [0.2, 0.25) is 6.29 Å². The van der Waals surface area contributed by atoms with Crippen molar-refractivity contribution in [3.63, 3.8) is 0 Å². The second-order valence-electron chi connectivity index (χ2n) is 4.43. The number of ether oxygens (including phenoxy) is 2. The standard InChI is InChI=1S/C12H21NO3/c1-2-6-11(5-1)14-10-8-13-16-12-7-3-4-9-15-12/h8,11-12H,1-7,9-10H2/b13-8-. The first kappa shape index (κ1) is 11.9. The monoisotopic (exact) mass is 227 g/mol. The summed E-state index contributed by atoms with van der Waals surface area (Å²) in [5.74, 6) is 0. The third-order valence-corrected chi connectivity index (χ3v) is 3.10. The third kappa shape index (κ3) is 4.10. The van der Waals surface area contributed by atoms with Crippen molar-refractivity contribution in [2.45, 2.75) is 57.3 Å². The Morgan fingerprint density at radius 3 is 2.69 bits per heavy atom. The third-order valence-electron chi connectivity index (χ3n) is 3.10. The van der Waals surface area contributed by atoms with E-state index in [0.29, 0.717) is 12.7 Å². The summed E-state index contributed by atoms with van der Waals surface area (Å²) in [6.07, 6.45) is 10.2. The molecule has 1 atom stereocenters. The maximum Gasteiger partial charge on any atom is 0.226 e. The van der Waals surface area contributed by atoms with Gasteiger partial charge in [-0.3, -0.25) is 0 Å². The molecule has 1 heterocycles. The van der Waals surface area contributed by atoms with Gasteiger partial charge in [-0.25, -0.2) is 0 Å². The molecule has 1 aliphatic carbocycles. The van der Waals surface area contributed by atoms with Crippen molar-refractivity contribution < 1.29 is 14.3 Å². The Labute approximate surface area is 96.9 Å². The molecule has 0 aromatic rings. The molecule has 0 spiro atoms. The van der Waals surface area contributed by atoms with Crippen molar-refractivity contribution in [1.82, 2.24) is 0 Å². The molecule has 0 radical (unpaired) electrons. The molecular formula is C12H21NO3. The van der Waals surface area contributed by atoms with Crippen molar-refractivity contribution >= 4 is 6.21 Å². The summed E-state index contributed by atoms with van der Waals surface area (Å²) < 4.78 is 11.0. The average molecular weight is 227 g/mol. The van der Waals surface area contributed by atoms with Gasteiger partial charge in [0.05, 0.1) is 25.5 Å². The van der Waals surface area contributed by atoms with Gasteiger partial charge in [0.1, 0.15) is 0 Å². The first-order chi connectivity index (χ1) is 7.95. The summed E-state index contributed by atoms with van der Waals surface area (Å²) >= 11 is 0. The molecule has 1 saturated heterocycles. The van der Waals surface area contributed by atoms with Gasteiger partial charge in [0.15, 0.2) is 0 Å². The first-order valence-electron chi connectivity index (χ1n) is 6.36. The first-order valence-corrected chi connectivity index (χ1v) is 6.36. The fourth-order valence-electron chi connectivity index (χ4n) is 2.17. The number of hydrogen-bond donors (Lipinski definition) is 0. The van der Waals surface area contributed by atoms with Crippen LogP contribution in [0.2, 0.25) is 0 Å². The van der Waals surface area contributed by atoms with Crippen LogP contribution in [0.3, 0.4) is 0 Å². The Hall–Kier alpha value is -0.610. The van der Waals surface area contributed by atoms with Gasteiger partial charge in [-0.2, -0.15) is 0 Å². The van der Waals surface area contributed by atoms with Gasteiger partial charge < -0.3 is 14.3 Å². The summed E-state index contributed by atoms with van der Waals surface area (Å²) in [7, 11) is 0. The molecule has 0 aromatic carbocycles. The van der Waals surface area contributed by atoms with E-state index in [2.05, 4.69) is 5.16 Å². The van der Waals surface area contributed by atoms with Gasteiger partial charge >= 0.3 is 0 Å².